The first-order valence-electron chi connectivity index (χ1n) is 33.4. The van der Waals surface area contributed by atoms with Gasteiger partial charge in [-0.3, -0.25) is 24.2 Å². The number of aromatic amines is 2. The van der Waals surface area contributed by atoms with Crippen molar-refractivity contribution in [1.29, 1.82) is 0 Å². The Morgan fingerprint density at radius 2 is 0.455 bits per heavy atom. The number of aryl methyl sites for hydroxylation is 3. The van der Waals surface area contributed by atoms with Crippen LogP contribution in [0.3, 0.4) is 0 Å². The molecule has 538 valence electrons. The molecule has 0 spiro atoms. The predicted molar refractivity (Wildman–Crippen MR) is 416 cm³/mol. The summed E-state index contributed by atoms with van der Waals surface area (Å²) in [5.41, 5.74) is 3.20. The Morgan fingerprint density at radius 1 is 0.253 bits per heavy atom. The lowest BCUT2D eigenvalue weighted by molar-refractivity contribution is 0.514. The summed E-state index contributed by atoms with van der Waals surface area (Å²) in [4.78, 5) is 22.1. The van der Waals surface area contributed by atoms with E-state index in [0.717, 1.165) is 75.3 Å². The molecule has 8 aromatic heterocycles. The molecule has 0 saturated carbocycles. The number of nitrogens with zero attached hydrogens (tertiary/aromatic N) is 22. The maximum atomic E-state index is 4.46. The summed E-state index contributed by atoms with van der Waals surface area (Å²) < 4.78 is 11.3. The van der Waals surface area contributed by atoms with Crippen molar-refractivity contribution in [3.63, 3.8) is 0 Å². The molecule has 0 atom stereocenters. The zero-order valence-electron chi connectivity index (χ0n) is 67.9. The SMILES string of the molecule is CC(C)c1cn(C(C)C)nn1.CC(C)c1cn(C(C)C)nn1.CC(C)c1cn(C(C)C)nn1.CC(C)c1n[nH]c(C(C)C)n1.CC(C)c1n[nH]c(C(C)C)n1.CC(C)c1nc(C(C)C)n(C)n1.CC(C)c1nc(C(C)C)n(C)n1.CC(C)c1nc(C(C)C)n(C)n1.[B].[B].[B].[B].[B].[B].[B].[B]. The molecule has 0 amide bonds. The van der Waals surface area contributed by atoms with Crippen LogP contribution in [-0.2, 0) is 21.1 Å². The van der Waals surface area contributed by atoms with Gasteiger partial charge in [0.1, 0.15) is 29.1 Å². The van der Waals surface area contributed by atoms with Gasteiger partial charge in [-0.2, -0.15) is 25.5 Å². The second-order valence-electron chi connectivity index (χ2n) is 28.2. The lowest BCUT2D eigenvalue weighted by Crippen LogP contribution is -2.00. The molecule has 24 radical (unpaired) electrons. The van der Waals surface area contributed by atoms with Crippen molar-refractivity contribution in [3.8, 4) is 0 Å². The molecular formula is C67H126B8N24. The highest BCUT2D eigenvalue weighted by atomic mass is 15.4. The van der Waals surface area contributed by atoms with E-state index in [1.54, 1.807) is 0 Å². The molecule has 8 aromatic rings. The van der Waals surface area contributed by atoms with Crippen molar-refractivity contribution in [2.24, 2.45) is 21.1 Å². The van der Waals surface area contributed by atoms with Crippen LogP contribution in [0.4, 0.5) is 0 Å². The smallest absolute Gasteiger partial charge is 0.153 e. The monoisotopic (exact) mass is 1360 g/mol. The third-order valence-corrected chi connectivity index (χ3v) is 13.7. The van der Waals surface area contributed by atoms with E-state index in [4.69, 9.17) is 0 Å². The Labute approximate surface area is 615 Å². The first kappa shape index (κ1) is 109. The maximum Gasteiger partial charge on any atom is 0.153 e. The third kappa shape index (κ3) is 38.3. The topological polar surface area (TPSA) is 267 Å². The van der Waals surface area contributed by atoms with Crippen molar-refractivity contribution < 1.29 is 0 Å². The predicted octanol–water partition coefficient (Wildman–Crippen LogP) is 13.2. The van der Waals surface area contributed by atoms with Gasteiger partial charge >= 0.3 is 0 Å². The summed E-state index contributed by atoms with van der Waals surface area (Å²) in [6.07, 6.45) is 6.03. The first-order valence-corrected chi connectivity index (χ1v) is 33.4. The van der Waals surface area contributed by atoms with Crippen LogP contribution >= 0.6 is 0 Å². The van der Waals surface area contributed by atoms with Crippen LogP contribution in [0, 0.1) is 0 Å². The molecule has 8 heterocycles. The van der Waals surface area contributed by atoms with E-state index in [9.17, 15) is 0 Å². The van der Waals surface area contributed by atoms with Crippen LogP contribution in [0.5, 0.6) is 0 Å². The van der Waals surface area contributed by atoms with E-state index in [0.29, 0.717) is 95.1 Å². The van der Waals surface area contributed by atoms with Crippen LogP contribution in [-0.4, -0.2) is 187 Å². The van der Waals surface area contributed by atoms with Crippen molar-refractivity contribution in [3.05, 3.63) is 93.9 Å². The van der Waals surface area contributed by atoms with Gasteiger partial charge in [0.25, 0.3) is 0 Å². The highest BCUT2D eigenvalue weighted by Crippen LogP contribution is 2.20. The Hall–Kier alpha value is -6.36. The number of aromatic nitrogens is 24. The molecule has 0 aliphatic rings. The maximum absolute atomic E-state index is 4.46. The average molecular weight is 1350 g/mol. The quantitative estimate of drug-likeness (QED) is 0.0851. The molecule has 0 aliphatic carbocycles. The molecule has 99 heavy (non-hydrogen) atoms. The molecule has 24 nitrogen and oxygen atoms in total. The molecule has 32 heteroatoms. The Bertz CT molecular complexity index is 2670. The molecule has 0 fully saturated rings. The van der Waals surface area contributed by atoms with Gasteiger partial charge in [0.2, 0.25) is 0 Å². The van der Waals surface area contributed by atoms with Gasteiger partial charge in [-0.05, 0) is 59.3 Å². The highest BCUT2D eigenvalue weighted by molar-refractivity contribution is 5.76. The van der Waals surface area contributed by atoms with Crippen molar-refractivity contribution in [2.75, 3.05) is 0 Å². The fourth-order valence-corrected chi connectivity index (χ4v) is 7.52. The summed E-state index contributed by atoms with van der Waals surface area (Å²) in [5.74, 6) is 15.6. The van der Waals surface area contributed by atoms with Gasteiger partial charge in [0.15, 0.2) is 29.1 Å². The van der Waals surface area contributed by atoms with Gasteiger partial charge in [-0.15, -0.1) is 15.3 Å². The van der Waals surface area contributed by atoms with Gasteiger partial charge in [0, 0.05) is 184 Å². The molecule has 0 saturated heterocycles. The number of H-pyrrole nitrogens is 2. The van der Waals surface area contributed by atoms with E-state index in [1.165, 1.54) is 0 Å². The summed E-state index contributed by atoms with van der Waals surface area (Å²) in [7, 11) is 5.86. The van der Waals surface area contributed by atoms with Gasteiger partial charge in [0.05, 0.1) is 17.1 Å². The number of rotatable bonds is 16. The Kier molecular flexibility index (Phi) is 57.7. The van der Waals surface area contributed by atoms with Crippen LogP contribution < -0.4 is 0 Å². The molecule has 0 bridgehead atoms. The fraction of sp³-hybridized carbons (Fsp3) is 0.761. The largest absolute Gasteiger partial charge is 0.263 e. The Balaban J connectivity index is -0.000000158. The van der Waals surface area contributed by atoms with Crippen molar-refractivity contribution in [1.82, 2.24) is 120 Å². The van der Waals surface area contributed by atoms with E-state index in [2.05, 4.69) is 313 Å². The second-order valence-corrected chi connectivity index (χ2v) is 28.2. The lowest BCUT2D eigenvalue weighted by atomic mass is 10.2. The van der Waals surface area contributed by atoms with Gasteiger partial charge in [-0.25, -0.2) is 39.0 Å². The molecular weight excluding hydrogens is 1230 g/mol. The second kappa shape index (κ2) is 52.6. The highest BCUT2D eigenvalue weighted by Gasteiger charge is 2.16. The molecule has 0 aromatic carbocycles. The van der Waals surface area contributed by atoms with Crippen LogP contribution in [0.2, 0.25) is 0 Å². The van der Waals surface area contributed by atoms with Crippen molar-refractivity contribution >= 4 is 67.3 Å². The minimum atomic E-state index is 0. The van der Waals surface area contributed by atoms with E-state index < -0.39 is 0 Å². The third-order valence-electron chi connectivity index (χ3n) is 13.7. The number of hydrogen-bond donors (Lipinski definition) is 2. The van der Waals surface area contributed by atoms with E-state index >= 15 is 0 Å². The summed E-state index contributed by atoms with van der Waals surface area (Å²) >= 11 is 0. The average Bonchev–Trinajstić information content (AvgIpc) is 1.79. The van der Waals surface area contributed by atoms with Gasteiger partial charge < -0.3 is 0 Å². The lowest BCUT2D eigenvalue weighted by Gasteiger charge is -2.01. The number of hydrogen-bond acceptors (Lipinski definition) is 16. The zero-order chi connectivity index (χ0) is 70.1. The summed E-state index contributed by atoms with van der Waals surface area (Å²) in [6.45, 7) is 67.5. The molecule has 8 rings (SSSR count). The molecule has 2 N–H and O–H groups in total. The molecule has 0 aliphatic heterocycles. The minimum absolute atomic E-state index is 0. The van der Waals surface area contributed by atoms with Gasteiger partial charge in [-0.1, -0.05) is 196 Å². The Morgan fingerprint density at radius 3 is 0.545 bits per heavy atom. The molecule has 0 unspecified atom stereocenters. The summed E-state index contributed by atoms with van der Waals surface area (Å²) in [6, 6.07) is 1.24. The van der Waals surface area contributed by atoms with E-state index in [1.807, 2.05) is 67.8 Å². The zero-order valence-corrected chi connectivity index (χ0v) is 67.9. The van der Waals surface area contributed by atoms with Crippen molar-refractivity contribution in [2.45, 2.75) is 317 Å². The van der Waals surface area contributed by atoms with Crippen LogP contribution in [0.1, 0.15) is 392 Å². The normalized spacial score (nSPS) is 10.6. The fourth-order valence-electron chi connectivity index (χ4n) is 7.52. The number of nitrogens with one attached hydrogen (secondary N) is 2. The van der Waals surface area contributed by atoms with Crippen LogP contribution in [0.25, 0.3) is 0 Å². The first-order chi connectivity index (χ1) is 42.1. The minimum Gasteiger partial charge on any atom is -0.263 e. The van der Waals surface area contributed by atoms with Crippen LogP contribution in [0.15, 0.2) is 18.6 Å². The standard InChI is InChI=1S/3C9H17N3.5C8H15N3.8B/c3*1-6(2)8-10-9(7(3)4)12(5)11-8;3*1-6(2)8-5-11(7(3)4)10-9-8;2*1-5(2)7-9-8(6(3)4)11-10-7;;;;;;;;/h3*6-7H,1-5H3;3*5-7H,1-4H3;2*5-6H,1-4H3,(H,9,10,11);;;;;;;;. The summed E-state index contributed by atoms with van der Waals surface area (Å²) in [5, 5.41) is 51.2. The van der Waals surface area contributed by atoms with E-state index in [-0.39, 0.29) is 67.3 Å².